The number of carbonyl (C=O) groups excluding carboxylic acids is 1. The van der Waals surface area contributed by atoms with E-state index in [1.54, 1.807) is 21.9 Å². The first-order valence-electron chi connectivity index (χ1n) is 5.64. The molecule has 1 aliphatic carbocycles. The molecule has 0 N–H and O–H groups in total. The summed E-state index contributed by atoms with van der Waals surface area (Å²) in [5.74, 6) is 0.0125. The molecule has 2 rings (SSSR count). The molecular weight excluding hydrogens is 206 g/mol. The van der Waals surface area contributed by atoms with Crippen molar-refractivity contribution in [2.75, 3.05) is 7.05 Å². The fourth-order valence-electron chi connectivity index (χ4n) is 1.74. The Morgan fingerprint density at radius 3 is 2.56 bits per heavy atom. The third-order valence-electron chi connectivity index (χ3n) is 3.05. The Morgan fingerprint density at radius 1 is 1.44 bits per heavy atom. The summed E-state index contributed by atoms with van der Waals surface area (Å²) in [7, 11) is 1.81. The van der Waals surface area contributed by atoms with Crippen LogP contribution in [-0.2, 0) is 17.9 Å². The fourth-order valence-corrected chi connectivity index (χ4v) is 1.74. The van der Waals surface area contributed by atoms with Crippen molar-refractivity contribution in [1.82, 2.24) is 14.0 Å². The van der Waals surface area contributed by atoms with Gasteiger partial charge in [-0.15, -0.1) is 0 Å². The maximum atomic E-state index is 11.8. The Labute approximate surface area is 94.3 Å². The van der Waals surface area contributed by atoms with Crippen LogP contribution in [0.15, 0.2) is 17.2 Å². The van der Waals surface area contributed by atoms with Gasteiger partial charge in [0.1, 0.15) is 6.54 Å². The molecule has 0 atom stereocenters. The van der Waals surface area contributed by atoms with E-state index < -0.39 is 0 Å². The van der Waals surface area contributed by atoms with Gasteiger partial charge in [0.2, 0.25) is 5.91 Å². The summed E-state index contributed by atoms with van der Waals surface area (Å²) in [6.07, 6.45) is 5.57. The van der Waals surface area contributed by atoms with Crippen molar-refractivity contribution in [3.8, 4) is 0 Å². The summed E-state index contributed by atoms with van der Waals surface area (Å²) in [6.45, 7) is 2.70. The number of hydrogen-bond donors (Lipinski definition) is 0. The predicted octanol–water partition coefficient (Wildman–Crippen LogP) is 0.290. The average Bonchev–Trinajstić information content (AvgIpc) is 3.05. The summed E-state index contributed by atoms with van der Waals surface area (Å²) in [6, 6.07) is 0.400. The Hall–Kier alpha value is -1.52. The van der Waals surface area contributed by atoms with E-state index in [2.05, 4.69) is 0 Å². The second kappa shape index (κ2) is 4.15. The number of carbonyl (C=O) groups is 1. The third kappa shape index (κ3) is 2.03. The van der Waals surface area contributed by atoms with Gasteiger partial charge in [0.15, 0.2) is 0 Å². The van der Waals surface area contributed by atoms with Crippen molar-refractivity contribution >= 4 is 5.91 Å². The van der Waals surface area contributed by atoms with Crippen molar-refractivity contribution in [2.24, 2.45) is 0 Å². The van der Waals surface area contributed by atoms with Crippen LogP contribution in [-0.4, -0.2) is 33.0 Å². The molecule has 1 aromatic heterocycles. The highest BCUT2D eigenvalue weighted by molar-refractivity contribution is 5.76. The lowest BCUT2D eigenvalue weighted by molar-refractivity contribution is -0.131. The van der Waals surface area contributed by atoms with E-state index in [4.69, 9.17) is 0 Å². The largest absolute Gasteiger partial charge is 0.341 e. The normalized spacial score (nSPS) is 15.1. The van der Waals surface area contributed by atoms with Gasteiger partial charge in [-0.2, -0.15) is 0 Å². The topological polar surface area (TPSA) is 47.2 Å². The monoisotopic (exact) mass is 223 g/mol. The molecule has 0 aliphatic heterocycles. The van der Waals surface area contributed by atoms with Crippen LogP contribution in [0.3, 0.4) is 0 Å². The first kappa shape index (κ1) is 11.0. The van der Waals surface area contributed by atoms with Gasteiger partial charge < -0.3 is 4.90 Å². The Morgan fingerprint density at radius 2 is 2.06 bits per heavy atom. The quantitative estimate of drug-likeness (QED) is 0.736. The highest BCUT2D eigenvalue weighted by Gasteiger charge is 2.29. The zero-order valence-electron chi connectivity index (χ0n) is 9.72. The molecule has 0 unspecified atom stereocenters. The van der Waals surface area contributed by atoms with E-state index in [-0.39, 0.29) is 18.1 Å². The highest BCUT2D eigenvalue weighted by atomic mass is 16.2. The van der Waals surface area contributed by atoms with Crippen molar-refractivity contribution in [2.45, 2.75) is 38.9 Å². The molecule has 0 aromatic carbocycles. The summed E-state index contributed by atoms with van der Waals surface area (Å²) in [5, 5.41) is 0. The van der Waals surface area contributed by atoms with Crippen LogP contribution >= 0.6 is 0 Å². The molecule has 0 saturated heterocycles. The number of rotatable bonds is 4. The molecule has 5 heteroatoms. The van der Waals surface area contributed by atoms with E-state index in [1.165, 1.54) is 4.57 Å². The summed E-state index contributed by atoms with van der Waals surface area (Å²) in [5.41, 5.74) is -0.111. The first-order chi connectivity index (χ1) is 7.63. The fraction of sp³-hybridized carbons (Fsp3) is 0.636. The van der Waals surface area contributed by atoms with Gasteiger partial charge in [-0.25, -0.2) is 4.79 Å². The van der Waals surface area contributed by atoms with Gasteiger partial charge in [0.05, 0.1) is 0 Å². The maximum Gasteiger partial charge on any atom is 0.328 e. The second-order valence-electron chi connectivity index (χ2n) is 4.23. The van der Waals surface area contributed by atoms with Gasteiger partial charge in [0.25, 0.3) is 0 Å². The Balaban J connectivity index is 2.05. The second-order valence-corrected chi connectivity index (χ2v) is 4.23. The molecule has 5 nitrogen and oxygen atoms in total. The van der Waals surface area contributed by atoms with Gasteiger partial charge in [-0.05, 0) is 19.8 Å². The number of aromatic nitrogens is 2. The number of aryl methyl sites for hydroxylation is 1. The summed E-state index contributed by atoms with van der Waals surface area (Å²) >= 11 is 0. The smallest absolute Gasteiger partial charge is 0.328 e. The molecule has 1 aromatic rings. The van der Waals surface area contributed by atoms with Crippen molar-refractivity contribution in [1.29, 1.82) is 0 Å². The van der Waals surface area contributed by atoms with Crippen LogP contribution in [0.4, 0.5) is 0 Å². The lowest BCUT2D eigenvalue weighted by Gasteiger charge is -2.15. The average molecular weight is 223 g/mol. The van der Waals surface area contributed by atoms with Gasteiger partial charge in [0, 0.05) is 32.0 Å². The molecule has 0 radical (unpaired) electrons. The van der Waals surface area contributed by atoms with Gasteiger partial charge in [-0.1, -0.05) is 0 Å². The van der Waals surface area contributed by atoms with Crippen LogP contribution in [0, 0.1) is 0 Å². The van der Waals surface area contributed by atoms with Crippen LogP contribution in [0.2, 0.25) is 0 Å². The van der Waals surface area contributed by atoms with E-state index in [0.29, 0.717) is 12.6 Å². The number of hydrogen-bond acceptors (Lipinski definition) is 2. The molecule has 1 saturated carbocycles. The van der Waals surface area contributed by atoms with E-state index in [0.717, 1.165) is 12.8 Å². The summed E-state index contributed by atoms with van der Waals surface area (Å²) < 4.78 is 3.05. The van der Waals surface area contributed by atoms with Crippen molar-refractivity contribution in [3.63, 3.8) is 0 Å². The summed E-state index contributed by atoms with van der Waals surface area (Å²) in [4.78, 5) is 25.2. The molecule has 1 aliphatic rings. The first-order valence-corrected chi connectivity index (χ1v) is 5.64. The predicted molar refractivity (Wildman–Crippen MR) is 60.2 cm³/mol. The lowest BCUT2D eigenvalue weighted by Crippen LogP contribution is -2.35. The number of amides is 1. The minimum atomic E-state index is -0.111. The molecule has 1 heterocycles. The number of nitrogens with zero attached hydrogens (tertiary/aromatic N) is 3. The molecule has 0 bridgehead atoms. The van der Waals surface area contributed by atoms with Gasteiger partial charge in [-0.3, -0.25) is 13.9 Å². The van der Waals surface area contributed by atoms with Crippen molar-refractivity contribution < 1.29 is 4.79 Å². The lowest BCUT2D eigenvalue weighted by atomic mass is 10.5. The minimum absolute atomic E-state index is 0.0125. The zero-order chi connectivity index (χ0) is 11.7. The molecular formula is C11H17N3O2. The molecule has 1 amide bonds. The van der Waals surface area contributed by atoms with Crippen LogP contribution in [0.5, 0.6) is 0 Å². The van der Waals surface area contributed by atoms with E-state index in [1.807, 2.05) is 14.0 Å². The Bertz CT molecular complexity index is 442. The van der Waals surface area contributed by atoms with E-state index in [9.17, 15) is 9.59 Å². The standard InChI is InChI=1S/C11H17N3O2/c1-3-13-6-7-14(11(13)16)8-10(15)12(2)9-4-5-9/h6-7,9H,3-5,8H2,1-2H3. The third-order valence-corrected chi connectivity index (χ3v) is 3.05. The Kier molecular flexibility index (Phi) is 2.85. The van der Waals surface area contributed by atoms with Crippen LogP contribution < -0.4 is 5.69 Å². The number of imidazole rings is 1. The SMILES string of the molecule is CCn1ccn(CC(=O)N(C)C2CC2)c1=O. The molecule has 1 fully saturated rings. The maximum absolute atomic E-state index is 11.8. The molecule has 88 valence electrons. The molecule has 16 heavy (non-hydrogen) atoms. The van der Waals surface area contributed by atoms with Crippen LogP contribution in [0.25, 0.3) is 0 Å². The minimum Gasteiger partial charge on any atom is -0.341 e. The molecule has 0 spiro atoms. The van der Waals surface area contributed by atoms with Crippen molar-refractivity contribution in [3.05, 3.63) is 22.9 Å². The number of likely N-dealkylation sites (N-methyl/N-ethyl adjacent to an activating group) is 1. The van der Waals surface area contributed by atoms with Crippen LogP contribution in [0.1, 0.15) is 19.8 Å². The highest BCUT2D eigenvalue weighted by Crippen LogP contribution is 2.25. The zero-order valence-corrected chi connectivity index (χ0v) is 9.72. The van der Waals surface area contributed by atoms with Gasteiger partial charge >= 0.3 is 5.69 Å². The van der Waals surface area contributed by atoms with E-state index >= 15 is 0 Å².